The van der Waals surface area contributed by atoms with Crippen molar-refractivity contribution < 1.29 is 19.8 Å². The van der Waals surface area contributed by atoms with E-state index in [2.05, 4.69) is 10.2 Å². The van der Waals surface area contributed by atoms with Gasteiger partial charge in [-0.1, -0.05) is 6.42 Å². The van der Waals surface area contributed by atoms with Gasteiger partial charge in [0.2, 0.25) is 0 Å². The lowest BCUT2D eigenvalue weighted by molar-refractivity contribution is -0.141. The zero-order valence-corrected chi connectivity index (χ0v) is 12.7. The second kappa shape index (κ2) is 6.62. The predicted octanol–water partition coefficient (Wildman–Crippen LogP) is 0.0886. The average Bonchev–Trinajstić information content (AvgIpc) is 2.43. The summed E-state index contributed by atoms with van der Waals surface area (Å²) in [5, 5.41) is 20.9. The van der Waals surface area contributed by atoms with Crippen LogP contribution in [0.5, 0.6) is 0 Å². The predicted molar refractivity (Wildman–Crippen MR) is 77.0 cm³/mol. The van der Waals surface area contributed by atoms with Gasteiger partial charge in [-0.15, -0.1) is 0 Å². The van der Waals surface area contributed by atoms with Gasteiger partial charge in [-0.05, 0) is 33.2 Å². The third-order valence-corrected chi connectivity index (χ3v) is 4.48. The van der Waals surface area contributed by atoms with E-state index >= 15 is 0 Å². The highest BCUT2D eigenvalue weighted by atomic mass is 16.4. The second-order valence-corrected chi connectivity index (χ2v) is 6.15. The fraction of sp³-hybridized carbons (Fsp3) is 0.857. The summed E-state index contributed by atoms with van der Waals surface area (Å²) >= 11 is 0. The van der Waals surface area contributed by atoms with E-state index in [1.165, 1.54) is 19.8 Å². The van der Waals surface area contributed by atoms with Gasteiger partial charge in [0.1, 0.15) is 0 Å². The Morgan fingerprint density at radius 1 is 1.29 bits per heavy atom. The number of hydrogen-bond donors (Lipinski definition) is 3. The van der Waals surface area contributed by atoms with Crippen molar-refractivity contribution in [2.45, 2.75) is 57.3 Å². The summed E-state index contributed by atoms with van der Waals surface area (Å²) < 4.78 is 0. The van der Waals surface area contributed by atoms with Crippen molar-refractivity contribution in [3.05, 3.63) is 0 Å². The maximum Gasteiger partial charge on any atom is 0.328 e. The number of aliphatic hydroxyl groups is 1. The molecule has 4 atom stereocenters. The molecule has 0 aliphatic carbocycles. The van der Waals surface area contributed by atoms with E-state index in [1.807, 2.05) is 6.92 Å². The van der Waals surface area contributed by atoms with Crippen LogP contribution in [-0.2, 0) is 4.79 Å². The van der Waals surface area contributed by atoms with E-state index in [1.54, 1.807) is 4.90 Å². The molecule has 120 valence electrons. The number of piperidine rings is 1. The van der Waals surface area contributed by atoms with Crippen molar-refractivity contribution >= 4 is 12.0 Å². The van der Waals surface area contributed by atoms with Crippen LogP contribution in [0.3, 0.4) is 0 Å². The van der Waals surface area contributed by atoms with Crippen molar-refractivity contribution in [1.29, 1.82) is 0 Å². The molecular formula is C14H25N3O4. The molecule has 2 amide bonds. The molecule has 3 N–H and O–H groups in total. The van der Waals surface area contributed by atoms with Crippen LogP contribution in [0, 0.1) is 0 Å². The monoisotopic (exact) mass is 299 g/mol. The largest absolute Gasteiger partial charge is 0.480 e. The molecule has 0 radical (unpaired) electrons. The highest BCUT2D eigenvalue weighted by Crippen LogP contribution is 2.24. The number of carboxylic acid groups (broad SMARTS) is 1. The third-order valence-electron chi connectivity index (χ3n) is 4.48. The van der Waals surface area contributed by atoms with Crippen molar-refractivity contribution in [2.24, 2.45) is 0 Å². The Bertz CT molecular complexity index is 402. The standard InChI is InChI=1S/C14H25N3O4/c1-9-7-16-6-4-3-5-11(16)8-17(9)14(21)15-12(10(2)18)13(19)20/h9-12,18H,3-8H2,1-2H3,(H,15,21)(H,19,20). The van der Waals surface area contributed by atoms with Gasteiger partial charge in [-0.3, -0.25) is 4.90 Å². The molecule has 21 heavy (non-hydrogen) atoms. The molecule has 2 rings (SSSR count). The Balaban J connectivity index is 1.99. The maximum atomic E-state index is 12.3. The maximum absolute atomic E-state index is 12.3. The Kier molecular flexibility index (Phi) is 5.05. The van der Waals surface area contributed by atoms with Crippen LogP contribution in [0.15, 0.2) is 0 Å². The summed E-state index contributed by atoms with van der Waals surface area (Å²) in [7, 11) is 0. The Morgan fingerprint density at radius 3 is 2.62 bits per heavy atom. The molecule has 0 aromatic heterocycles. The van der Waals surface area contributed by atoms with E-state index in [4.69, 9.17) is 5.11 Å². The average molecular weight is 299 g/mol. The lowest BCUT2D eigenvalue weighted by Crippen LogP contribution is -2.63. The third kappa shape index (κ3) is 3.65. The number of rotatable bonds is 3. The molecule has 2 saturated heterocycles. The summed E-state index contributed by atoms with van der Waals surface area (Å²) in [5.41, 5.74) is 0. The smallest absolute Gasteiger partial charge is 0.328 e. The van der Waals surface area contributed by atoms with E-state index < -0.39 is 24.1 Å². The number of carboxylic acids is 1. The van der Waals surface area contributed by atoms with Gasteiger partial charge in [-0.25, -0.2) is 9.59 Å². The van der Waals surface area contributed by atoms with Crippen LogP contribution < -0.4 is 5.32 Å². The Hall–Kier alpha value is -1.34. The highest BCUT2D eigenvalue weighted by molar-refractivity contribution is 5.83. The van der Waals surface area contributed by atoms with Crippen LogP contribution in [-0.4, -0.2) is 75.9 Å². The summed E-state index contributed by atoms with van der Waals surface area (Å²) in [6, 6.07) is -1.26. The zero-order chi connectivity index (χ0) is 15.6. The van der Waals surface area contributed by atoms with Crippen LogP contribution in [0.2, 0.25) is 0 Å². The summed E-state index contributed by atoms with van der Waals surface area (Å²) in [5.74, 6) is -1.22. The number of amides is 2. The molecule has 2 aliphatic rings. The summed E-state index contributed by atoms with van der Waals surface area (Å²) in [4.78, 5) is 27.5. The lowest BCUT2D eigenvalue weighted by Gasteiger charge is -2.47. The first-order valence-electron chi connectivity index (χ1n) is 7.62. The number of nitrogens with one attached hydrogen (secondary N) is 1. The highest BCUT2D eigenvalue weighted by Gasteiger charge is 2.36. The number of piperazine rings is 1. The van der Waals surface area contributed by atoms with Crippen LogP contribution >= 0.6 is 0 Å². The first-order chi connectivity index (χ1) is 9.90. The molecule has 2 heterocycles. The number of aliphatic carboxylic acids is 1. The van der Waals surface area contributed by atoms with E-state index in [0.717, 1.165) is 19.5 Å². The fourth-order valence-corrected chi connectivity index (χ4v) is 3.24. The number of nitrogens with zero attached hydrogens (tertiary/aromatic N) is 2. The van der Waals surface area contributed by atoms with Crippen LogP contribution in [0.4, 0.5) is 4.79 Å². The lowest BCUT2D eigenvalue weighted by atomic mass is 9.97. The molecule has 7 heteroatoms. The van der Waals surface area contributed by atoms with Crippen molar-refractivity contribution in [3.63, 3.8) is 0 Å². The van der Waals surface area contributed by atoms with Gasteiger partial charge < -0.3 is 20.4 Å². The van der Waals surface area contributed by atoms with Gasteiger partial charge in [0, 0.05) is 25.2 Å². The number of hydrogen-bond acceptors (Lipinski definition) is 4. The number of aliphatic hydroxyl groups excluding tert-OH is 1. The molecule has 2 aliphatic heterocycles. The minimum absolute atomic E-state index is 0.0443. The first kappa shape index (κ1) is 16.0. The molecule has 7 nitrogen and oxygen atoms in total. The topological polar surface area (TPSA) is 93.1 Å². The summed E-state index contributed by atoms with van der Waals surface area (Å²) in [6.45, 7) is 5.86. The van der Waals surface area contributed by atoms with Crippen molar-refractivity contribution in [1.82, 2.24) is 15.1 Å². The van der Waals surface area contributed by atoms with E-state index in [9.17, 15) is 14.7 Å². The molecule has 0 saturated carbocycles. The molecule has 0 aromatic carbocycles. The summed E-state index contributed by atoms with van der Waals surface area (Å²) in [6.07, 6.45) is 2.34. The zero-order valence-electron chi connectivity index (χ0n) is 12.7. The minimum atomic E-state index is -1.27. The van der Waals surface area contributed by atoms with Crippen molar-refractivity contribution in [2.75, 3.05) is 19.6 Å². The Labute approximate surface area is 124 Å². The Morgan fingerprint density at radius 2 is 2.00 bits per heavy atom. The quantitative estimate of drug-likeness (QED) is 0.687. The SMILES string of the molecule is CC(O)C(NC(=O)N1CC2CCCCN2CC1C)C(=O)O. The fourth-order valence-electron chi connectivity index (χ4n) is 3.24. The number of urea groups is 1. The van der Waals surface area contributed by atoms with Crippen LogP contribution in [0.1, 0.15) is 33.1 Å². The number of fused-ring (bicyclic) bond motifs is 1. The normalized spacial score (nSPS) is 29.4. The van der Waals surface area contributed by atoms with Crippen LogP contribution in [0.25, 0.3) is 0 Å². The van der Waals surface area contributed by atoms with E-state index in [0.29, 0.717) is 12.6 Å². The number of carbonyl (C=O) groups excluding carboxylic acids is 1. The molecule has 0 bridgehead atoms. The molecule has 0 aromatic rings. The second-order valence-electron chi connectivity index (χ2n) is 6.15. The molecular weight excluding hydrogens is 274 g/mol. The first-order valence-corrected chi connectivity index (χ1v) is 7.62. The van der Waals surface area contributed by atoms with Crippen molar-refractivity contribution in [3.8, 4) is 0 Å². The molecule has 4 unspecified atom stereocenters. The van der Waals surface area contributed by atoms with Gasteiger partial charge in [0.15, 0.2) is 6.04 Å². The molecule has 2 fully saturated rings. The van der Waals surface area contributed by atoms with Gasteiger partial charge in [-0.2, -0.15) is 0 Å². The van der Waals surface area contributed by atoms with Gasteiger partial charge >= 0.3 is 12.0 Å². The number of carbonyl (C=O) groups is 2. The van der Waals surface area contributed by atoms with Gasteiger partial charge in [0.05, 0.1) is 6.10 Å². The minimum Gasteiger partial charge on any atom is -0.480 e. The van der Waals surface area contributed by atoms with Gasteiger partial charge in [0.25, 0.3) is 0 Å². The molecule has 0 spiro atoms. The van der Waals surface area contributed by atoms with E-state index in [-0.39, 0.29) is 6.04 Å².